The highest BCUT2D eigenvalue weighted by Crippen LogP contribution is 2.35. The highest BCUT2D eigenvalue weighted by atomic mass is 16.5. The number of aliphatic hydroxyl groups is 1. The van der Waals surface area contributed by atoms with Gasteiger partial charge in [-0.3, -0.25) is 0 Å². The lowest BCUT2D eigenvalue weighted by Crippen LogP contribution is -2.37. The molecule has 1 aliphatic heterocycles. The predicted octanol–water partition coefficient (Wildman–Crippen LogP) is 1.88. The Bertz CT molecular complexity index is 387. The zero-order valence-electron chi connectivity index (χ0n) is 11.0. The van der Waals surface area contributed by atoms with Crippen LogP contribution in [0.2, 0.25) is 0 Å². The molecule has 1 heterocycles. The summed E-state index contributed by atoms with van der Waals surface area (Å²) in [4.78, 5) is 0. The monoisotopic (exact) mass is 251 g/mol. The van der Waals surface area contributed by atoms with Crippen molar-refractivity contribution in [1.82, 2.24) is 5.32 Å². The summed E-state index contributed by atoms with van der Waals surface area (Å²) in [6.45, 7) is 3.65. The summed E-state index contributed by atoms with van der Waals surface area (Å²) in [5.74, 6) is 1.35. The maximum Gasteiger partial charge on any atom is 0.166 e. The number of hydrogen-bond acceptors (Lipinski definition) is 4. The number of rotatable bonds is 4. The molecule has 1 fully saturated rings. The van der Waals surface area contributed by atoms with Gasteiger partial charge in [-0.25, -0.2) is 0 Å². The van der Waals surface area contributed by atoms with Gasteiger partial charge in [0.2, 0.25) is 0 Å². The molecule has 2 atom stereocenters. The van der Waals surface area contributed by atoms with Gasteiger partial charge in [-0.05, 0) is 32.4 Å². The van der Waals surface area contributed by atoms with Crippen LogP contribution >= 0.6 is 0 Å². The molecule has 4 nitrogen and oxygen atoms in total. The zero-order valence-corrected chi connectivity index (χ0v) is 11.0. The van der Waals surface area contributed by atoms with E-state index in [1.54, 1.807) is 14.0 Å². The molecule has 0 spiro atoms. The van der Waals surface area contributed by atoms with Gasteiger partial charge in [-0.1, -0.05) is 12.1 Å². The molecule has 100 valence electrons. The van der Waals surface area contributed by atoms with Crippen molar-refractivity contribution in [3.63, 3.8) is 0 Å². The molecule has 18 heavy (non-hydrogen) atoms. The van der Waals surface area contributed by atoms with E-state index in [0.29, 0.717) is 11.5 Å². The number of aliphatic hydroxyl groups excluding tert-OH is 1. The van der Waals surface area contributed by atoms with Crippen molar-refractivity contribution in [2.75, 3.05) is 20.2 Å². The second-order valence-electron chi connectivity index (χ2n) is 4.64. The van der Waals surface area contributed by atoms with Gasteiger partial charge in [0.1, 0.15) is 6.10 Å². The van der Waals surface area contributed by atoms with Crippen molar-refractivity contribution in [3.8, 4) is 11.5 Å². The van der Waals surface area contributed by atoms with Crippen molar-refractivity contribution >= 4 is 0 Å². The van der Waals surface area contributed by atoms with E-state index in [4.69, 9.17) is 9.47 Å². The van der Waals surface area contributed by atoms with E-state index in [9.17, 15) is 5.11 Å². The third-order valence-corrected chi connectivity index (χ3v) is 3.21. The lowest BCUT2D eigenvalue weighted by molar-refractivity contribution is 0.157. The number of methoxy groups -OCH3 is 1. The fourth-order valence-electron chi connectivity index (χ4n) is 2.27. The van der Waals surface area contributed by atoms with Crippen LogP contribution in [0.15, 0.2) is 18.2 Å². The molecule has 2 N–H and O–H groups in total. The molecule has 2 unspecified atom stereocenters. The van der Waals surface area contributed by atoms with E-state index in [-0.39, 0.29) is 6.10 Å². The number of benzene rings is 1. The van der Waals surface area contributed by atoms with E-state index in [1.807, 2.05) is 18.2 Å². The molecule has 1 aliphatic rings. The summed E-state index contributed by atoms with van der Waals surface area (Å²) in [7, 11) is 1.60. The average Bonchev–Trinajstić information content (AvgIpc) is 2.39. The maximum absolute atomic E-state index is 9.72. The number of para-hydroxylation sites is 1. The Hall–Kier alpha value is -1.26. The van der Waals surface area contributed by atoms with E-state index < -0.39 is 6.10 Å². The van der Waals surface area contributed by atoms with Crippen LogP contribution in [0.1, 0.15) is 31.4 Å². The molecule has 4 heteroatoms. The predicted molar refractivity (Wildman–Crippen MR) is 70.1 cm³/mol. The third kappa shape index (κ3) is 2.94. The fourth-order valence-corrected chi connectivity index (χ4v) is 2.27. The van der Waals surface area contributed by atoms with Crippen molar-refractivity contribution in [2.24, 2.45) is 0 Å². The van der Waals surface area contributed by atoms with Crippen molar-refractivity contribution in [1.29, 1.82) is 0 Å². The maximum atomic E-state index is 9.72. The van der Waals surface area contributed by atoms with Gasteiger partial charge in [-0.15, -0.1) is 0 Å². The number of hydrogen-bond donors (Lipinski definition) is 2. The third-order valence-electron chi connectivity index (χ3n) is 3.21. The van der Waals surface area contributed by atoms with E-state index >= 15 is 0 Å². The lowest BCUT2D eigenvalue weighted by Gasteiger charge is -2.25. The SMILES string of the molecule is COc1c(OC2CCCNC2)cccc1C(C)O. The molecule has 0 saturated carbocycles. The minimum Gasteiger partial charge on any atom is -0.492 e. The standard InChI is InChI=1S/C14H21NO3/c1-10(16)12-6-3-7-13(14(12)17-2)18-11-5-4-8-15-9-11/h3,6-7,10-11,15-16H,4-5,8-9H2,1-2H3. The van der Waals surface area contributed by atoms with Crippen molar-refractivity contribution < 1.29 is 14.6 Å². The van der Waals surface area contributed by atoms with Gasteiger partial charge in [0.05, 0.1) is 13.2 Å². The molecule has 0 aliphatic carbocycles. The summed E-state index contributed by atoms with van der Waals surface area (Å²) in [6, 6.07) is 5.63. The first-order valence-corrected chi connectivity index (χ1v) is 6.44. The molecule has 2 rings (SSSR count). The molecule has 1 saturated heterocycles. The van der Waals surface area contributed by atoms with Crippen LogP contribution in [0.3, 0.4) is 0 Å². The first kappa shape index (κ1) is 13.2. The van der Waals surface area contributed by atoms with Crippen molar-refractivity contribution in [3.05, 3.63) is 23.8 Å². The first-order chi connectivity index (χ1) is 8.72. The Morgan fingerprint density at radius 1 is 1.44 bits per heavy atom. The van der Waals surface area contributed by atoms with E-state index in [2.05, 4.69) is 5.32 Å². The molecular formula is C14H21NO3. The highest BCUT2D eigenvalue weighted by molar-refractivity contribution is 5.47. The summed E-state index contributed by atoms with van der Waals surface area (Å²) in [5, 5.41) is 13.0. The van der Waals surface area contributed by atoms with Gasteiger partial charge in [0.15, 0.2) is 11.5 Å². The van der Waals surface area contributed by atoms with Crippen LogP contribution in [0.5, 0.6) is 11.5 Å². The molecule has 0 aromatic heterocycles. The second kappa shape index (κ2) is 6.07. The zero-order chi connectivity index (χ0) is 13.0. The van der Waals surface area contributed by atoms with E-state index in [0.717, 1.165) is 31.5 Å². The first-order valence-electron chi connectivity index (χ1n) is 6.44. The van der Waals surface area contributed by atoms with Gasteiger partial charge in [0.25, 0.3) is 0 Å². The Morgan fingerprint density at radius 2 is 2.28 bits per heavy atom. The van der Waals surface area contributed by atoms with E-state index in [1.165, 1.54) is 0 Å². The Kier molecular flexibility index (Phi) is 4.44. The van der Waals surface area contributed by atoms with Crippen LogP contribution in [0, 0.1) is 0 Å². The molecule has 0 amide bonds. The van der Waals surface area contributed by atoms with Crippen LogP contribution < -0.4 is 14.8 Å². The largest absolute Gasteiger partial charge is 0.492 e. The Balaban J connectivity index is 2.18. The smallest absolute Gasteiger partial charge is 0.166 e. The number of ether oxygens (including phenoxy) is 2. The normalized spacial score (nSPS) is 21.4. The van der Waals surface area contributed by atoms with Gasteiger partial charge < -0.3 is 19.9 Å². The van der Waals surface area contributed by atoms with Crippen LogP contribution in [0.4, 0.5) is 0 Å². The molecule has 1 aromatic carbocycles. The number of piperidine rings is 1. The molecule has 0 radical (unpaired) electrons. The minimum absolute atomic E-state index is 0.178. The van der Waals surface area contributed by atoms with Crippen LogP contribution in [-0.2, 0) is 0 Å². The molecule has 0 bridgehead atoms. The van der Waals surface area contributed by atoms with Crippen LogP contribution in [0.25, 0.3) is 0 Å². The van der Waals surface area contributed by atoms with Gasteiger partial charge in [-0.2, -0.15) is 0 Å². The average molecular weight is 251 g/mol. The van der Waals surface area contributed by atoms with Crippen LogP contribution in [-0.4, -0.2) is 31.4 Å². The fraction of sp³-hybridized carbons (Fsp3) is 0.571. The second-order valence-corrected chi connectivity index (χ2v) is 4.64. The molecular weight excluding hydrogens is 230 g/mol. The van der Waals surface area contributed by atoms with Gasteiger partial charge >= 0.3 is 0 Å². The number of nitrogens with one attached hydrogen (secondary N) is 1. The Labute approximate surface area is 108 Å². The van der Waals surface area contributed by atoms with Gasteiger partial charge in [0, 0.05) is 12.1 Å². The van der Waals surface area contributed by atoms with Crippen molar-refractivity contribution in [2.45, 2.75) is 32.0 Å². The topological polar surface area (TPSA) is 50.7 Å². The summed E-state index contributed by atoms with van der Waals surface area (Å²) < 4.78 is 11.3. The lowest BCUT2D eigenvalue weighted by atomic mass is 10.1. The highest BCUT2D eigenvalue weighted by Gasteiger charge is 2.19. The summed E-state index contributed by atoms with van der Waals surface area (Å²) in [6.07, 6.45) is 1.79. The Morgan fingerprint density at radius 3 is 2.89 bits per heavy atom. The minimum atomic E-state index is -0.562. The summed E-state index contributed by atoms with van der Waals surface area (Å²) in [5.41, 5.74) is 0.763. The summed E-state index contributed by atoms with van der Waals surface area (Å²) >= 11 is 0. The quantitative estimate of drug-likeness (QED) is 0.858. The molecule has 1 aromatic rings.